The lowest BCUT2D eigenvalue weighted by Gasteiger charge is -2.41. The Morgan fingerprint density at radius 1 is 1.34 bits per heavy atom. The van der Waals surface area contributed by atoms with Gasteiger partial charge in [-0.05, 0) is 45.7 Å². The van der Waals surface area contributed by atoms with Crippen molar-refractivity contribution in [1.82, 2.24) is 18.9 Å². The Kier molecular flexibility index (Phi) is 4.64. The summed E-state index contributed by atoms with van der Waals surface area (Å²) in [5.41, 5.74) is -0.910. The van der Waals surface area contributed by atoms with Crippen LogP contribution in [0.15, 0.2) is 29.3 Å². The summed E-state index contributed by atoms with van der Waals surface area (Å²) in [6.45, 7) is 5.99. The molecule has 0 aromatic carbocycles. The molecule has 2 bridgehead atoms. The summed E-state index contributed by atoms with van der Waals surface area (Å²) in [4.78, 5) is 34.9. The van der Waals surface area contributed by atoms with Gasteiger partial charge < -0.3 is 19.4 Å². The molecule has 0 spiro atoms. The third-order valence-electron chi connectivity index (χ3n) is 7.02. The number of amides is 1. The highest BCUT2D eigenvalue weighted by Gasteiger charge is 2.61. The van der Waals surface area contributed by atoms with Crippen molar-refractivity contribution in [3.05, 3.63) is 52.1 Å². The number of halogens is 2. The fourth-order valence-electron chi connectivity index (χ4n) is 5.35. The standard InChI is InChI=1S/C24H25F2N5O4/c1-12(2)35-20-17(19(32)27-14-5-4-6-30(21(14)33)15-7-13(15)25)18(26)31-8-16(28-22(31)29-20)24-9-23(3,10-24)34-11-24/h4-6,8,12-13,15H,7,9-11H2,1-3H3,(H,27,32). The maximum absolute atomic E-state index is 15.8. The van der Waals surface area contributed by atoms with Gasteiger partial charge in [-0.2, -0.15) is 9.37 Å². The molecule has 2 unspecified atom stereocenters. The average Bonchev–Trinajstić information content (AvgIpc) is 3.09. The van der Waals surface area contributed by atoms with E-state index in [0.717, 1.165) is 17.2 Å². The SMILES string of the molecule is CC(C)Oc1nc2nc(C34COC(C)(C3)C4)cn2c(F)c1C(=O)Nc1cccn(C2CC2F)c1=O. The first kappa shape index (κ1) is 22.1. The molecule has 9 nitrogen and oxygen atoms in total. The molecule has 11 heteroatoms. The van der Waals surface area contributed by atoms with Gasteiger partial charge in [-0.3, -0.25) is 14.0 Å². The fraction of sp³-hybridized carbons (Fsp3) is 0.500. The lowest BCUT2D eigenvalue weighted by atomic mass is 9.62. The van der Waals surface area contributed by atoms with Crippen molar-refractivity contribution >= 4 is 17.4 Å². The molecular weight excluding hydrogens is 460 g/mol. The molecule has 4 fully saturated rings. The zero-order valence-electron chi connectivity index (χ0n) is 19.5. The molecule has 2 aliphatic heterocycles. The van der Waals surface area contributed by atoms with Gasteiger partial charge in [-0.15, -0.1) is 0 Å². The van der Waals surface area contributed by atoms with E-state index in [-0.39, 0.29) is 34.8 Å². The second kappa shape index (κ2) is 7.33. The molecule has 2 atom stereocenters. The summed E-state index contributed by atoms with van der Waals surface area (Å²) < 4.78 is 43.2. The number of fused-ring (bicyclic) bond motifs is 2. The second-order valence-electron chi connectivity index (χ2n) is 10.3. The number of ether oxygens (including phenoxy) is 2. The summed E-state index contributed by atoms with van der Waals surface area (Å²) in [6, 6.07) is 2.37. The van der Waals surface area contributed by atoms with Crippen LogP contribution in [-0.2, 0) is 10.2 Å². The van der Waals surface area contributed by atoms with E-state index >= 15 is 4.39 Å². The largest absolute Gasteiger partial charge is 0.474 e. The molecule has 2 saturated heterocycles. The van der Waals surface area contributed by atoms with E-state index in [4.69, 9.17) is 9.47 Å². The Morgan fingerprint density at radius 2 is 2.09 bits per heavy atom. The Balaban J connectivity index is 1.39. The third kappa shape index (κ3) is 3.43. The number of carbonyl (C=O) groups is 1. The second-order valence-corrected chi connectivity index (χ2v) is 10.3. The molecule has 35 heavy (non-hydrogen) atoms. The van der Waals surface area contributed by atoms with Crippen LogP contribution in [0.1, 0.15) is 62.1 Å². The number of rotatable bonds is 6. The molecule has 2 saturated carbocycles. The van der Waals surface area contributed by atoms with Gasteiger partial charge in [-0.1, -0.05) is 0 Å². The zero-order valence-corrected chi connectivity index (χ0v) is 19.5. The van der Waals surface area contributed by atoms with Crippen molar-refractivity contribution in [2.75, 3.05) is 11.9 Å². The van der Waals surface area contributed by atoms with Gasteiger partial charge in [0.05, 0.1) is 30.0 Å². The zero-order chi connectivity index (χ0) is 24.7. The van der Waals surface area contributed by atoms with Crippen molar-refractivity contribution in [2.24, 2.45) is 0 Å². The van der Waals surface area contributed by atoms with Crippen LogP contribution in [0.25, 0.3) is 5.78 Å². The summed E-state index contributed by atoms with van der Waals surface area (Å²) >= 11 is 0. The minimum Gasteiger partial charge on any atom is -0.474 e. The van der Waals surface area contributed by atoms with E-state index in [1.807, 2.05) is 6.92 Å². The predicted octanol–water partition coefficient (Wildman–Crippen LogP) is 3.17. The molecule has 3 aromatic heterocycles. The molecule has 4 aliphatic rings. The summed E-state index contributed by atoms with van der Waals surface area (Å²) in [7, 11) is 0. The van der Waals surface area contributed by atoms with E-state index in [2.05, 4.69) is 15.3 Å². The number of nitrogens with one attached hydrogen (secondary N) is 1. The number of nitrogens with zero attached hydrogens (tertiary/aromatic N) is 4. The maximum Gasteiger partial charge on any atom is 0.274 e. The molecule has 1 N–H and O–H groups in total. The highest BCUT2D eigenvalue weighted by Crippen LogP contribution is 2.58. The van der Waals surface area contributed by atoms with Gasteiger partial charge >= 0.3 is 0 Å². The number of hydrogen-bond acceptors (Lipinski definition) is 6. The van der Waals surface area contributed by atoms with Crippen LogP contribution in [0.4, 0.5) is 14.5 Å². The third-order valence-corrected chi connectivity index (χ3v) is 7.02. The van der Waals surface area contributed by atoms with E-state index < -0.39 is 41.3 Å². The van der Waals surface area contributed by atoms with E-state index in [0.29, 0.717) is 12.3 Å². The Bertz CT molecular complexity index is 1430. The fourth-order valence-corrected chi connectivity index (χ4v) is 5.35. The smallest absolute Gasteiger partial charge is 0.274 e. The first-order valence-corrected chi connectivity index (χ1v) is 11.7. The number of anilines is 1. The van der Waals surface area contributed by atoms with Gasteiger partial charge in [0.15, 0.2) is 5.56 Å². The maximum atomic E-state index is 15.8. The molecule has 3 aromatic rings. The Hall–Kier alpha value is -3.34. The minimum absolute atomic E-state index is 0.0735. The van der Waals surface area contributed by atoms with Crippen LogP contribution in [-0.4, -0.2) is 49.3 Å². The van der Waals surface area contributed by atoms with Crippen molar-refractivity contribution in [3.63, 3.8) is 0 Å². The topological polar surface area (TPSA) is 99.8 Å². The molecule has 184 valence electrons. The van der Waals surface area contributed by atoms with Crippen LogP contribution in [0, 0.1) is 5.95 Å². The molecule has 5 heterocycles. The van der Waals surface area contributed by atoms with Crippen molar-refractivity contribution < 1.29 is 23.0 Å². The number of pyridine rings is 1. The van der Waals surface area contributed by atoms with E-state index in [1.54, 1.807) is 20.0 Å². The van der Waals surface area contributed by atoms with Gasteiger partial charge in [0.1, 0.15) is 11.9 Å². The summed E-state index contributed by atoms with van der Waals surface area (Å²) in [6.07, 6.45) is 3.34. The number of alkyl halides is 1. The normalized spacial score (nSPS) is 28.9. The van der Waals surface area contributed by atoms with Crippen LogP contribution in [0.2, 0.25) is 0 Å². The highest BCUT2D eigenvalue weighted by molar-refractivity contribution is 6.05. The number of carbonyl (C=O) groups excluding carboxylic acids is 1. The van der Waals surface area contributed by atoms with Gasteiger partial charge in [0, 0.05) is 24.2 Å². The van der Waals surface area contributed by atoms with Crippen LogP contribution < -0.4 is 15.6 Å². The van der Waals surface area contributed by atoms with Crippen LogP contribution in [0.3, 0.4) is 0 Å². The average molecular weight is 485 g/mol. The number of hydrogen-bond donors (Lipinski definition) is 1. The molecule has 0 radical (unpaired) electrons. The van der Waals surface area contributed by atoms with E-state index in [9.17, 15) is 14.0 Å². The van der Waals surface area contributed by atoms with E-state index in [1.165, 1.54) is 22.9 Å². The molecule has 1 amide bonds. The Morgan fingerprint density at radius 3 is 2.71 bits per heavy atom. The number of imidazole rings is 1. The first-order chi connectivity index (χ1) is 16.6. The lowest BCUT2D eigenvalue weighted by Crippen LogP contribution is -2.45. The van der Waals surface area contributed by atoms with Gasteiger partial charge in [0.25, 0.3) is 11.5 Å². The van der Waals surface area contributed by atoms with Gasteiger partial charge in [0.2, 0.25) is 17.6 Å². The quantitative estimate of drug-likeness (QED) is 0.539. The molecular formula is C24H25F2N5O4. The molecule has 2 aliphatic carbocycles. The predicted molar refractivity (Wildman–Crippen MR) is 121 cm³/mol. The monoisotopic (exact) mass is 485 g/mol. The first-order valence-electron chi connectivity index (χ1n) is 11.7. The van der Waals surface area contributed by atoms with Gasteiger partial charge in [-0.25, -0.2) is 9.37 Å². The van der Waals surface area contributed by atoms with Crippen LogP contribution in [0.5, 0.6) is 5.88 Å². The minimum atomic E-state index is -1.09. The summed E-state index contributed by atoms with van der Waals surface area (Å²) in [5.74, 6) is -1.95. The van der Waals surface area contributed by atoms with Crippen molar-refractivity contribution in [1.29, 1.82) is 0 Å². The Labute approximate surface area is 199 Å². The highest BCUT2D eigenvalue weighted by atomic mass is 19.1. The summed E-state index contributed by atoms with van der Waals surface area (Å²) in [5, 5.41) is 2.46. The molecule has 7 rings (SSSR count). The van der Waals surface area contributed by atoms with Crippen molar-refractivity contribution in [3.8, 4) is 5.88 Å². The van der Waals surface area contributed by atoms with Crippen LogP contribution >= 0.6 is 0 Å². The lowest BCUT2D eigenvalue weighted by molar-refractivity contribution is 0.0154. The van der Waals surface area contributed by atoms with Crippen molar-refractivity contribution in [2.45, 2.75) is 69.4 Å². The number of aromatic nitrogens is 4.